The highest BCUT2D eigenvalue weighted by atomic mass is 32.1. The molecule has 0 saturated heterocycles. The third-order valence-corrected chi connectivity index (χ3v) is 4.25. The molecule has 1 fully saturated rings. The molecule has 0 unspecified atom stereocenters. The number of aliphatic hydroxyl groups is 1. The van der Waals surface area contributed by atoms with E-state index in [1.807, 2.05) is 6.92 Å². The van der Waals surface area contributed by atoms with Gasteiger partial charge in [0.15, 0.2) is 0 Å². The Morgan fingerprint density at radius 3 is 2.88 bits per heavy atom. The van der Waals surface area contributed by atoms with E-state index in [0.29, 0.717) is 6.54 Å². The molecule has 1 aromatic rings. The SMILES string of the molecule is Cc1ncsc1CNC(=O)CC1(O)CCCC1. The van der Waals surface area contributed by atoms with E-state index in [0.717, 1.165) is 36.3 Å². The fraction of sp³-hybridized carbons (Fsp3) is 0.667. The Labute approximate surface area is 105 Å². The zero-order chi connectivity index (χ0) is 12.3. The van der Waals surface area contributed by atoms with Gasteiger partial charge < -0.3 is 10.4 Å². The average Bonchev–Trinajstić information content (AvgIpc) is 2.85. The molecule has 0 spiro atoms. The summed E-state index contributed by atoms with van der Waals surface area (Å²) >= 11 is 1.55. The molecule has 4 nitrogen and oxygen atoms in total. The van der Waals surface area contributed by atoms with Gasteiger partial charge in [-0.3, -0.25) is 4.79 Å². The van der Waals surface area contributed by atoms with Crippen LogP contribution in [-0.4, -0.2) is 21.6 Å². The first-order valence-corrected chi connectivity index (χ1v) is 6.85. The van der Waals surface area contributed by atoms with Crippen molar-refractivity contribution in [1.82, 2.24) is 10.3 Å². The number of hydrogen-bond acceptors (Lipinski definition) is 4. The lowest BCUT2D eigenvalue weighted by molar-refractivity contribution is -0.126. The molecule has 1 aromatic heterocycles. The van der Waals surface area contributed by atoms with Crippen LogP contribution in [0.2, 0.25) is 0 Å². The summed E-state index contributed by atoms with van der Waals surface area (Å²) in [7, 11) is 0. The summed E-state index contributed by atoms with van der Waals surface area (Å²) in [6.07, 6.45) is 3.78. The summed E-state index contributed by atoms with van der Waals surface area (Å²) in [5.74, 6) is -0.0674. The fourth-order valence-electron chi connectivity index (χ4n) is 2.25. The highest BCUT2D eigenvalue weighted by Crippen LogP contribution is 2.32. The predicted octanol–water partition coefficient (Wildman–Crippen LogP) is 1.76. The summed E-state index contributed by atoms with van der Waals surface area (Å²) in [4.78, 5) is 16.9. The molecular weight excluding hydrogens is 236 g/mol. The van der Waals surface area contributed by atoms with Gasteiger partial charge in [-0.15, -0.1) is 11.3 Å². The number of aromatic nitrogens is 1. The molecule has 1 aliphatic carbocycles. The Kier molecular flexibility index (Phi) is 3.79. The minimum absolute atomic E-state index is 0.0674. The topological polar surface area (TPSA) is 62.2 Å². The molecule has 0 aromatic carbocycles. The molecule has 5 heteroatoms. The first-order chi connectivity index (χ1) is 8.09. The monoisotopic (exact) mass is 254 g/mol. The number of carbonyl (C=O) groups excluding carboxylic acids is 1. The highest BCUT2D eigenvalue weighted by molar-refractivity contribution is 7.09. The number of thiazole rings is 1. The molecule has 94 valence electrons. The number of nitrogens with one attached hydrogen (secondary N) is 1. The van der Waals surface area contributed by atoms with Crippen LogP contribution >= 0.6 is 11.3 Å². The van der Waals surface area contributed by atoms with E-state index in [4.69, 9.17) is 0 Å². The normalized spacial score (nSPS) is 18.2. The lowest BCUT2D eigenvalue weighted by Crippen LogP contribution is -2.34. The Balaban J connectivity index is 1.80. The molecule has 0 radical (unpaired) electrons. The van der Waals surface area contributed by atoms with Crippen molar-refractivity contribution in [1.29, 1.82) is 0 Å². The Morgan fingerprint density at radius 2 is 2.29 bits per heavy atom. The van der Waals surface area contributed by atoms with Crippen molar-refractivity contribution in [2.45, 2.75) is 51.2 Å². The zero-order valence-electron chi connectivity index (χ0n) is 10.0. The van der Waals surface area contributed by atoms with Gasteiger partial charge in [-0.25, -0.2) is 4.98 Å². The van der Waals surface area contributed by atoms with E-state index < -0.39 is 5.60 Å². The lowest BCUT2D eigenvalue weighted by atomic mass is 9.98. The fourth-order valence-corrected chi connectivity index (χ4v) is 2.96. The molecular formula is C12H18N2O2S. The van der Waals surface area contributed by atoms with E-state index in [-0.39, 0.29) is 12.3 Å². The number of carbonyl (C=O) groups is 1. The van der Waals surface area contributed by atoms with E-state index in [1.54, 1.807) is 16.8 Å². The number of aryl methyl sites for hydroxylation is 1. The van der Waals surface area contributed by atoms with Crippen molar-refractivity contribution >= 4 is 17.2 Å². The number of hydrogen-bond donors (Lipinski definition) is 2. The second kappa shape index (κ2) is 5.14. The molecule has 0 atom stereocenters. The predicted molar refractivity (Wildman–Crippen MR) is 66.7 cm³/mol. The van der Waals surface area contributed by atoms with Crippen LogP contribution in [0.4, 0.5) is 0 Å². The van der Waals surface area contributed by atoms with Gasteiger partial charge in [0, 0.05) is 4.88 Å². The minimum Gasteiger partial charge on any atom is -0.389 e. The summed E-state index contributed by atoms with van der Waals surface area (Å²) in [5.41, 5.74) is 1.99. The van der Waals surface area contributed by atoms with Crippen LogP contribution in [-0.2, 0) is 11.3 Å². The molecule has 0 aliphatic heterocycles. The maximum absolute atomic E-state index is 11.7. The Bertz CT molecular complexity index is 397. The second-order valence-corrected chi connectivity index (χ2v) is 5.69. The van der Waals surface area contributed by atoms with Gasteiger partial charge in [-0.2, -0.15) is 0 Å². The summed E-state index contributed by atoms with van der Waals surface area (Å²) in [6, 6.07) is 0. The van der Waals surface area contributed by atoms with Crippen LogP contribution < -0.4 is 5.32 Å². The maximum atomic E-state index is 11.7. The molecule has 17 heavy (non-hydrogen) atoms. The molecule has 1 saturated carbocycles. The van der Waals surface area contributed by atoms with Crippen LogP contribution in [0.3, 0.4) is 0 Å². The van der Waals surface area contributed by atoms with Gasteiger partial charge in [-0.05, 0) is 19.8 Å². The van der Waals surface area contributed by atoms with Crippen LogP contribution in [0.25, 0.3) is 0 Å². The molecule has 1 amide bonds. The standard InChI is InChI=1S/C12H18N2O2S/c1-9-10(17-8-14-9)7-13-11(15)6-12(16)4-2-3-5-12/h8,16H,2-7H2,1H3,(H,13,15). The van der Waals surface area contributed by atoms with E-state index in [2.05, 4.69) is 10.3 Å². The van der Waals surface area contributed by atoms with Crippen molar-refractivity contribution in [2.75, 3.05) is 0 Å². The quantitative estimate of drug-likeness (QED) is 0.860. The minimum atomic E-state index is -0.757. The van der Waals surface area contributed by atoms with E-state index in [9.17, 15) is 9.90 Å². The second-order valence-electron chi connectivity index (χ2n) is 4.75. The van der Waals surface area contributed by atoms with Gasteiger partial charge in [0.05, 0.1) is 29.8 Å². The lowest BCUT2D eigenvalue weighted by Gasteiger charge is -2.20. The van der Waals surface area contributed by atoms with Crippen LogP contribution in [0.15, 0.2) is 5.51 Å². The van der Waals surface area contributed by atoms with Crippen molar-refractivity contribution in [3.63, 3.8) is 0 Å². The summed E-state index contributed by atoms with van der Waals surface area (Å²) in [5, 5.41) is 13.0. The average molecular weight is 254 g/mol. The van der Waals surface area contributed by atoms with Crippen LogP contribution in [0, 0.1) is 6.92 Å². The molecule has 0 bridgehead atoms. The molecule has 2 N–H and O–H groups in total. The number of amides is 1. The first kappa shape index (κ1) is 12.5. The van der Waals surface area contributed by atoms with Gasteiger partial charge in [0.1, 0.15) is 0 Å². The Morgan fingerprint density at radius 1 is 1.59 bits per heavy atom. The van der Waals surface area contributed by atoms with Crippen molar-refractivity contribution in [3.8, 4) is 0 Å². The smallest absolute Gasteiger partial charge is 0.223 e. The van der Waals surface area contributed by atoms with Crippen molar-refractivity contribution in [2.24, 2.45) is 0 Å². The third kappa shape index (κ3) is 3.26. The Hall–Kier alpha value is -0.940. The third-order valence-electron chi connectivity index (χ3n) is 3.31. The van der Waals surface area contributed by atoms with Gasteiger partial charge in [-0.1, -0.05) is 12.8 Å². The van der Waals surface area contributed by atoms with E-state index in [1.165, 1.54) is 0 Å². The highest BCUT2D eigenvalue weighted by Gasteiger charge is 2.33. The van der Waals surface area contributed by atoms with Crippen molar-refractivity contribution in [3.05, 3.63) is 16.1 Å². The molecule has 2 rings (SSSR count). The zero-order valence-corrected chi connectivity index (χ0v) is 10.8. The van der Waals surface area contributed by atoms with Gasteiger partial charge in [0.2, 0.25) is 5.91 Å². The molecule has 1 aliphatic rings. The largest absolute Gasteiger partial charge is 0.389 e. The number of rotatable bonds is 4. The maximum Gasteiger partial charge on any atom is 0.223 e. The van der Waals surface area contributed by atoms with Crippen LogP contribution in [0.1, 0.15) is 42.7 Å². The first-order valence-electron chi connectivity index (χ1n) is 5.97. The van der Waals surface area contributed by atoms with Gasteiger partial charge >= 0.3 is 0 Å². The summed E-state index contributed by atoms with van der Waals surface area (Å²) in [6.45, 7) is 2.45. The number of nitrogens with zero attached hydrogens (tertiary/aromatic N) is 1. The molecule has 1 heterocycles. The van der Waals surface area contributed by atoms with Crippen molar-refractivity contribution < 1.29 is 9.90 Å². The van der Waals surface area contributed by atoms with Crippen LogP contribution in [0.5, 0.6) is 0 Å². The van der Waals surface area contributed by atoms with Gasteiger partial charge in [0.25, 0.3) is 0 Å². The van der Waals surface area contributed by atoms with E-state index >= 15 is 0 Å². The summed E-state index contributed by atoms with van der Waals surface area (Å²) < 4.78 is 0.